The summed E-state index contributed by atoms with van der Waals surface area (Å²) in [5.74, 6) is -0.311. The van der Waals surface area contributed by atoms with Crippen LogP contribution in [0.2, 0.25) is 0 Å². The minimum absolute atomic E-state index is 0.219. The Morgan fingerprint density at radius 1 is 1.17 bits per heavy atom. The van der Waals surface area contributed by atoms with Crippen LogP contribution in [0.15, 0.2) is 53.7 Å². The van der Waals surface area contributed by atoms with Crippen LogP contribution in [-0.2, 0) is 14.8 Å². The second kappa shape index (κ2) is 6.70. The summed E-state index contributed by atoms with van der Waals surface area (Å²) in [5, 5.41) is 2.76. The number of carbonyl (C=O) groups excluding carboxylic acids is 1. The first kappa shape index (κ1) is 16.6. The third-order valence-electron chi connectivity index (χ3n) is 4.08. The lowest BCUT2D eigenvalue weighted by Crippen LogP contribution is -2.43. The molecule has 3 rings (SSSR count). The normalized spacial score (nSPS) is 18.5. The number of carbonyl (C=O) groups is 1. The lowest BCUT2D eigenvalue weighted by atomic mass is 10.2. The third-order valence-corrected chi connectivity index (χ3v) is 6.00. The van der Waals surface area contributed by atoms with Gasteiger partial charge in [-0.3, -0.25) is 9.78 Å². The number of aryl methyl sites for hydroxylation is 1. The summed E-state index contributed by atoms with van der Waals surface area (Å²) in [6.45, 7) is 2.25. The molecule has 1 aromatic heterocycles. The topological polar surface area (TPSA) is 79.4 Å². The Bertz CT molecular complexity index is 820. The SMILES string of the molecule is Cc1ccc(S(=O)(=O)N2CCC[C@H]2C(=O)Nc2ccncc2)cc1. The van der Waals surface area contributed by atoms with E-state index >= 15 is 0 Å². The van der Waals surface area contributed by atoms with Crippen LogP contribution in [0.3, 0.4) is 0 Å². The van der Waals surface area contributed by atoms with E-state index in [0.717, 1.165) is 5.56 Å². The molecular formula is C17H19N3O3S. The fourth-order valence-electron chi connectivity index (χ4n) is 2.80. The molecular weight excluding hydrogens is 326 g/mol. The van der Waals surface area contributed by atoms with Crippen molar-refractivity contribution >= 4 is 21.6 Å². The van der Waals surface area contributed by atoms with Crippen molar-refractivity contribution in [1.29, 1.82) is 0 Å². The molecule has 1 atom stereocenters. The molecule has 1 aliphatic heterocycles. The molecule has 1 aliphatic rings. The van der Waals surface area contributed by atoms with Crippen LogP contribution in [-0.4, -0.2) is 36.2 Å². The summed E-state index contributed by atoms with van der Waals surface area (Å²) < 4.78 is 27.0. The average Bonchev–Trinajstić information content (AvgIpc) is 3.07. The molecule has 0 radical (unpaired) electrons. The van der Waals surface area contributed by atoms with Crippen LogP contribution < -0.4 is 5.32 Å². The molecule has 1 fully saturated rings. The van der Waals surface area contributed by atoms with E-state index in [9.17, 15) is 13.2 Å². The van der Waals surface area contributed by atoms with Crippen LogP contribution in [0.1, 0.15) is 18.4 Å². The van der Waals surface area contributed by atoms with E-state index in [1.807, 2.05) is 6.92 Å². The number of aromatic nitrogens is 1. The first-order valence-corrected chi connectivity index (χ1v) is 9.22. The molecule has 1 N–H and O–H groups in total. The van der Waals surface area contributed by atoms with Crippen LogP contribution in [0, 0.1) is 6.92 Å². The predicted octanol–water partition coefficient (Wildman–Crippen LogP) is 2.18. The number of anilines is 1. The van der Waals surface area contributed by atoms with Gasteiger partial charge in [-0.25, -0.2) is 8.42 Å². The zero-order valence-electron chi connectivity index (χ0n) is 13.3. The number of rotatable bonds is 4. The van der Waals surface area contributed by atoms with Crippen molar-refractivity contribution in [2.75, 3.05) is 11.9 Å². The molecule has 1 amide bonds. The molecule has 1 saturated heterocycles. The molecule has 0 bridgehead atoms. The highest BCUT2D eigenvalue weighted by atomic mass is 32.2. The zero-order chi connectivity index (χ0) is 17.2. The first-order chi connectivity index (χ1) is 11.5. The second-order valence-electron chi connectivity index (χ2n) is 5.81. The predicted molar refractivity (Wildman–Crippen MR) is 91.0 cm³/mol. The molecule has 0 aliphatic carbocycles. The van der Waals surface area contributed by atoms with E-state index in [4.69, 9.17) is 0 Å². The van der Waals surface area contributed by atoms with Gasteiger partial charge in [0.2, 0.25) is 15.9 Å². The van der Waals surface area contributed by atoms with Crippen LogP contribution >= 0.6 is 0 Å². The Labute approximate surface area is 141 Å². The Morgan fingerprint density at radius 3 is 2.50 bits per heavy atom. The van der Waals surface area contributed by atoms with E-state index in [2.05, 4.69) is 10.3 Å². The maximum atomic E-state index is 12.8. The highest BCUT2D eigenvalue weighted by Gasteiger charge is 2.39. The van der Waals surface area contributed by atoms with Gasteiger partial charge < -0.3 is 5.32 Å². The average molecular weight is 345 g/mol. The summed E-state index contributed by atoms with van der Waals surface area (Å²) in [6, 6.07) is 9.34. The number of nitrogens with one attached hydrogen (secondary N) is 1. The Balaban J connectivity index is 1.82. The van der Waals surface area contributed by atoms with Crippen molar-refractivity contribution in [3.8, 4) is 0 Å². The Hall–Kier alpha value is -2.25. The van der Waals surface area contributed by atoms with Gasteiger partial charge in [-0.1, -0.05) is 17.7 Å². The van der Waals surface area contributed by atoms with Gasteiger partial charge in [0.1, 0.15) is 6.04 Å². The van der Waals surface area contributed by atoms with E-state index in [0.29, 0.717) is 25.1 Å². The van der Waals surface area contributed by atoms with Crippen molar-refractivity contribution in [3.05, 3.63) is 54.4 Å². The van der Waals surface area contributed by atoms with E-state index in [-0.39, 0.29) is 10.8 Å². The molecule has 6 nitrogen and oxygen atoms in total. The summed E-state index contributed by atoms with van der Waals surface area (Å²) in [4.78, 5) is 16.6. The molecule has 0 unspecified atom stereocenters. The number of pyridine rings is 1. The summed E-state index contributed by atoms with van der Waals surface area (Å²) in [5.41, 5.74) is 1.59. The number of amides is 1. The highest BCUT2D eigenvalue weighted by molar-refractivity contribution is 7.89. The van der Waals surface area contributed by atoms with Gasteiger partial charge in [0, 0.05) is 24.6 Å². The molecule has 7 heteroatoms. The van der Waals surface area contributed by atoms with Crippen molar-refractivity contribution in [1.82, 2.24) is 9.29 Å². The standard InChI is InChI=1S/C17H19N3O3S/c1-13-4-6-15(7-5-13)24(22,23)20-12-2-3-16(20)17(21)19-14-8-10-18-11-9-14/h4-11,16H,2-3,12H2,1H3,(H,18,19,21)/t16-/m0/s1. The van der Waals surface area contributed by atoms with E-state index in [1.165, 1.54) is 4.31 Å². The summed E-state index contributed by atoms with van der Waals surface area (Å²) >= 11 is 0. The number of hydrogen-bond donors (Lipinski definition) is 1. The smallest absolute Gasteiger partial charge is 0.243 e. The third kappa shape index (κ3) is 3.32. The van der Waals surface area contributed by atoms with Gasteiger partial charge in [-0.2, -0.15) is 4.31 Å². The largest absolute Gasteiger partial charge is 0.325 e. The van der Waals surface area contributed by atoms with Gasteiger partial charge in [0.25, 0.3) is 0 Å². The molecule has 126 valence electrons. The van der Waals surface area contributed by atoms with Gasteiger partial charge in [0.15, 0.2) is 0 Å². The fraction of sp³-hybridized carbons (Fsp3) is 0.294. The van der Waals surface area contributed by atoms with Crippen LogP contribution in [0.25, 0.3) is 0 Å². The quantitative estimate of drug-likeness (QED) is 0.921. The lowest BCUT2D eigenvalue weighted by Gasteiger charge is -2.23. The number of benzene rings is 1. The zero-order valence-corrected chi connectivity index (χ0v) is 14.2. The van der Waals surface area contributed by atoms with E-state index < -0.39 is 16.1 Å². The molecule has 2 aromatic rings. The maximum Gasteiger partial charge on any atom is 0.243 e. The monoisotopic (exact) mass is 345 g/mol. The maximum absolute atomic E-state index is 12.8. The summed E-state index contributed by atoms with van der Waals surface area (Å²) in [7, 11) is -3.68. The number of hydrogen-bond acceptors (Lipinski definition) is 4. The van der Waals surface area contributed by atoms with Gasteiger partial charge in [0.05, 0.1) is 4.90 Å². The molecule has 2 heterocycles. The van der Waals surface area contributed by atoms with Crippen molar-refractivity contribution in [2.45, 2.75) is 30.7 Å². The van der Waals surface area contributed by atoms with Crippen LogP contribution in [0.5, 0.6) is 0 Å². The first-order valence-electron chi connectivity index (χ1n) is 7.78. The highest BCUT2D eigenvalue weighted by Crippen LogP contribution is 2.27. The molecule has 0 saturated carbocycles. The minimum Gasteiger partial charge on any atom is -0.325 e. The van der Waals surface area contributed by atoms with Crippen LogP contribution in [0.4, 0.5) is 5.69 Å². The minimum atomic E-state index is -3.68. The van der Waals surface area contributed by atoms with Crippen molar-refractivity contribution in [3.63, 3.8) is 0 Å². The van der Waals surface area contributed by atoms with Crippen molar-refractivity contribution < 1.29 is 13.2 Å². The Kier molecular flexibility index (Phi) is 4.64. The molecule has 0 spiro atoms. The molecule has 24 heavy (non-hydrogen) atoms. The van der Waals surface area contributed by atoms with Crippen molar-refractivity contribution in [2.24, 2.45) is 0 Å². The van der Waals surface area contributed by atoms with Gasteiger partial charge >= 0.3 is 0 Å². The molecule has 1 aromatic carbocycles. The van der Waals surface area contributed by atoms with Gasteiger partial charge in [-0.05, 0) is 44.0 Å². The Morgan fingerprint density at radius 2 is 1.83 bits per heavy atom. The summed E-state index contributed by atoms with van der Waals surface area (Å²) in [6.07, 6.45) is 4.33. The fourth-order valence-corrected chi connectivity index (χ4v) is 4.45. The van der Waals surface area contributed by atoms with E-state index in [1.54, 1.807) is 48.8 Å². The number of sulfonamides is 1. The lowest BCUT2D eigenvalue weighted by molar-refractivity contribution is -0.119. The van der Waals surface area contributed by atoms with Gasteiger partial charge in [-0.15, -0.1) is 0 Å². The number of nitrogens with zero attached hydrogens (tertiary/aromatic N) is 2. The second-order valence-corrected chi connectivity index (χ2v) is 7.70.